The zero-order chi connectivity index (χ0) is 17.7. The Labute approximate surface area is 160 Å². The molecule has 1 fully saturated rings. The summed E-state index contributed by atoms with van der Waals surface area (Å²) in [6.07, 6.45) is 3.57. The molecule has 0 spiro atoms. The molecule has 0 unspecified atom stereocenters. The first-order chi connectivity index (χ1) is 12.7. The number of hydrogen-bond donors (Lipinski definition) is 0. The van der Waals surface area contributed by atoms with E-state index in [1.807, 2.05) is 40.7 Å². The van der Waals surface area contributed by atoms with Crippen LogP contribution in [0.25, 0.3) is 10.2 Å². The van der Waals surface area contributed by atoms with E-state index in [1.54, 1.807) is 0 Å². The van der Waals surface area contributed by atoms with Gasteiger partial charge in [-0.05, 0) is 43.2 Å². The maximum absolute atomic E-state index is 12.6. The summed E-state index contributed by atoms with van der Waals surface area (Å²) in [5.41, 5.74) is 1.47. The zero-order valence-electron chi connectivity index (χ0n) is 14.7. The number of aromatic nitrogens is 2. The summed E-state index contributed by atoms with van der Waals surface area (Å²) in [4.78, 5) is 29.8. The van der Waals surface area contributed by atoms with E-state index in [-0.39, 0.29) is 5.91 Å². The number of thiophene rings is 2. The van der Waals surface area contributed by atoms with Gasteiger partial charge in [0.1, 0.15) is 16.5 Å². The van der Waals surface area contributed by atoms with Crippen molar-refractivity contribution in [3.63, 3.8) is 0 Å². The molecular weight excluding hydrogens is 364 g/mol. The number of carbonyl (C=O) groups is 1. The van der Waals surface area contributed by atoms with Crippen LogP contribution in [0.4, 0.5) is 5.82 Å². The monoisotopic (exact) mass is 384 g/mol. The zero-order valence-corrected chi connectivity index (χ0v) is 16.3. The molecule has 1 amide bonds. The largest absolute Gasteiger partial charge is 0.352 e. The lowest BCUT2D eigenvalue weighted by Gasteiger charge is -2.35. The van der Waals surface area contributed by atoms with E-state index in [4.69, 9.17) is 4.98 Å². The van der Waals surface area contributed by atoms with Gasteiger partial charge in [0.05, 0.1) is 10.3 Å². The minimum atomic E-state index is 0.153. The molecule has 1 aliphatic heterocycles. The average Bonchev–Trinajstić information content (AvgIpc) is 3.37. The third kappa shape index (κ3) is 2.61. The number of amides is 1. The lowest BCUT2D eigenvalue weighted by molar-refractivity contribution is 0.0751. The lowest BCUT2D eigenvalue weighted by Crippen LogP contribution is -2.49. The number of anilines is 1. The summed E-state index contributed by atoms with van der Waals surface area (Å²) in [6.45, 7) is 5.12. The highest BCUT2D eigenvalue weighted by atomic mass is 32.1. The van der Waals surface area contributed by atoms with Crippen LogP contribution in [0.1, 0.15) is 32.4 Å². The molecule has 0 atom stereocenters. The maximum atomic E-state index is 12.6. The van der Waals surface area contributed by atoms with Crippen molar-refractivity contribution in [1.82, 2.24) is 14.9 Å². The summed E-state index contributed by atoms with van der Waals surface area (Å²) in [5.74, 6) is 2.07. The second-order valence-corrected chi connectivity index (χ2v) is 8.92. The van der Waals surface area contributed by atoms with Crippen LogP contribution in [0.3, 0.4) is 0 Å². The molecule has 0 saturated carbocycles. The number of nitrogens with zero attached hydrogens (tertiary/aromatic N) is 4. The lowest BCUT2D eigenvalue weighted by atomic mass is 10.1. The highest BCUT2D eigenvalue weighted by Gasteiger charge is 2.28. The molecular formula is C19H20N4OS2. The van der Waals surface area contributed by atoms with Gasteiger partial charge in [-0.2, -0.15) is 0 Å². The second-order valence-electron chi connectivity index (χ2n) is 6.89. The number of piperazine rings is 1. The highest BCUT2D eigenvalue weighted by molar-refractivity contribution is 7.19. The number of aryl methyl sites for hydroxylation is 3. The predicted molar refractivity (Wildman–Crippen MR) is 107 cm³/mol. The first-order valence-electron chi connectivity index (χ1n) is 9.07. The summed E-state index contributed by atoms with van der Waals surface area (Å²) < 4.78 is 0. The fourth-order valence-electron chi connectivity index (χ4n) is 3.99. The van der Waals surface area contributed by atoms with Crippen molar-refractivity contribution in [2.45, 2.75) is 26.2 Å². The van der Waals surface area contributed by atoms with Crippen LogP contribution >= 0.6 is 22.7 Å². The normalized spacial score (nSPS) is 17.1. The molecule has 5 nitrogen and oxygen atoms in total. The fourth-order valence-corrected chi connectivity index (χ4v) is 5.98. The van der Waals surface area contributed by atoms with Crippen molar-refractivity contribution in [3.8, 4) is 0 Å². The van der Waals surface area contributed by atoms with Crippen LogP contribution in [-0.2, 0) is 12.8 Å². The van der Waals surface area contributed by atoms with Gasteiger partial charge in [0, 0.05) is 31.1 Å². The van der Waals surface area contributed by atoms with Gasteiger partial charge in [0.15, 0.2) is 0 Å². The third-order valence-electron chi connectivity index (χ3n) is 5.26. The van der Waals surface area contributed by atoms with Crippen molar-refractivity contribution >= 4 is 44.6 Å². The molecule has 0 radical (unpaired) electrons. The molecule has 3 aromatic heterocycles. The van der Waals surface area contributed by atoms with E-state index in [0.717, 1.165) is 53.9 Å². The SMILES string of the molecule is Cc1nc(N2CCN(C(=O)c3cccs3)CC2)c2c3c(sc2n1)CCC3. The van der Waals surface area contributed by atoms with E-state index in [0.29, 0.717) is 0 Å². The maximum Gasteiger partial charge on any atom is 0.264 e. The Morgan fingerprint density at radius 3 is 2.77 bits per heavy atom. The number of carbonyl (C=O) groups excluding carboxylic acids is 1. The number of hydrogen-bond acceptors (Lipinski definition) is 6. The highest BCUT2D eigenvalue weighted by Crippen LogP contribution is 2.40. The molecule has 0 N–H and O–H groups in total. The van der Waals surface area contributed by atoms with Gasteiger partial charge in [-0.1, -0.05) is 6.07 Å². The Bertz CT molecular complexity index is 971. The van der Waals surface area contributed by atoms with Gasteiger partial charge >= 0.3 is 0 Å². The second kappa shape index (κ2) is 6.32. The van der Waals surface area contributed by atoms with Crippen LogP contribution < -0.4 is 4.90 Å². The predicted octanol–water partition coefficient (Wildman–Crippen LogP) is 3.51. The Morgan fingerprint density at radius 1 is 1.15 bits per heavy atom. The first kappa shape index (κ1) is 16.2. The van der Waals surface area contributed by atoms with Crippen molar-refractivity contribution in [2.75, 3.05) is 31.1 Å². The van der Waals surface area contributed by atoms with Crippen LogP contribution in [-0.4, -0.2) is 47.0 Å². The molecule has 1 saturated heterocycles. The van der Waals surface area contributed by atoms with Crippen LogP contribution in [0.15, 0.2) is 17.5 Å². The molecule has 2 aliphatic rings. The summed E-state index contributed by atoms with van der Waals surface area (Å²) in [7, 11) is 0. The van der Waals surface area contributed by atoms with Crippen molar-refractivity contribution in [2.24, 2.45) is 0 Å². The molecule has 5 rings (SSSR count). The molecule has 1 aliphatic carbocycles. The molecule has 4 heterocycles. The fraction of sp³-hybridized carbons (Fsp3) is 0.421. The van der Waals surface area contributed by atoms with Crippen molar-refractivity contribution in [1.29, 1.82) is 0 Å². The average molecular weight is 385 g/mol. The Balaban J connectivity index is 1.42. The Hall–Kier alpha value is -1.99. The van der Waals surface area contributed by atoms with Gasteiger partial charge in [0.2, 0.25) is 0 Å². The van der Waals surface area contributed by atoms with Crippen LogP contribution in [0.5, 0.6) is 0 Å². The minimum absolute atomic E-state index is 0.153. The third-order valence-corrected chi connectivity index (χ3v) is 7.30. The first-order valence-corrected chi connectivity index (χ1v) is 10.8. The molecule has 7 heteroatoms. The van der Waals surface area contributed by atoms with E-state index >= 15 is 0 Å². The molecule has 26 heavy (non-hydrogen) atoms. The summed E-state index contributed by atoms with van der Waals surface area (Å²) in [5, 5.41) is 3.23. The summed E-state index contributed by atoms with van der Waals surface area (Å²) >= 11 is 3.36. The quantitative estimate of drug-likeness (QED) is 0.678. The molecule has 3 aromatic rings. The summed E-state index contributed by atoms with van der Waals surface area (Å²) in [6, 6.07) is 3.84. The minimum Gasteiger partial charge on any atom is -0.352 e. The van der Waals surface area contributed by atoms with Gasteiger partial charge in [-0.25, -0.2) is 9.97 Å². The van der Waals surface area contributed by atoms with Crippen LogP contribution in [0, 0.1) is 6.92 Å². The van der Waals surface area contributed by atoms with Gasteiger partial charge < -0.3 is 9.80 Å². The standard InChI is InChI=1S/C19H20N4OS2/c1-12-20-17(16-13-4-2-5-14(13)26-18(16)21-12)22-7-9-23(10-8-22)19(24)15-6-3-11-25-15/h3,6,11H,2,4-5,7-10H2,1H3. The molecule has 134 valence electrons. The van der Waals surface area contributed by atoms with Crippen LogP contribution in [0.2, 0.25) is 0 Å². The van der Waals surface area contributed by atoms with Gasteiger partial charge in [-0.15, -0.1) is 22.7 Å². The van der Waals surface area contributed by atoms with Crippen molar-refractivity contribution in [3.05, 3.63) is 38.7 Å². The van der Waals surface area contributed by atoms with Crippen molar-refractivity contribution < 1.29 is 4.79 Å². The number of fused-ring (bicyclic) bond motifs is 3. The van der Waals surface area contributed by atoms with E-state index in [2.05, 4.69) is 9.88 Å². The topological polar surface area (TPSA) is 49.3 Å². The van der Waals surface area contributed by atoms with Gasteiger partial charge in [0.25, 0.3) is 5.91 Å². The van der Waals surface area contributed by atoms with Gasteiger partial charge in [-0.3, -0.25) is 4.79 Å². The van der Waals surface area contributed by atoms with E-state index in [1.165, 1.54) is 40.0 Å². The Morgan fingerprint density at radius 2 is 2.00 bits per heavy atom. The van der Waals surface area contributed by atoms with E-state index < -0.39 is 0 Å². The number of rotatable bonds is 2. The Kier molecular flexibility index (Phi) is 3.94. The molecule has 0 bridgehead atoms. The smallest absolute Gasteiger partial charge is 0.264 e. The van der Waals surface area contributed by atoms with E-state index in [9.17, 15) is 4.79 Å². The molecule has 0 aromatic carbocycles.